The molecular weight excluding hydrogens is 175 g/mol. The van der Waals surface area contributed by atoms with Gasteiger partial charge in [0.15, 0.2) is 0 Å². The molecule has 0 aromatic heterocycles. The SMILES string of the molecule is CC(O)[P+](=O)OC1CCCCC1. The molecule has 0 radical (unpaired) electrons. The lowest BCUT2D eigenvalue weighted by molar-refractivity contribution is 0.147. The summed E-state index contributed by atoms with van der Waals surface area (Å²) in [6.45, 7) is 1.50. The molecule has 0 spiro atoms. The van der Waals surface area contributed by atoms with Gasteiger partial charge in [-0.15, -0.1) is 4.52 Å². The molecule has 12 heavy (non-hydrogen) atoms. The maximum Gasteiger partial charge on any atom is 0.540 e. The van der Waals surface area contributed by atoms with Crippen LogP contribution in [0.25, 0.3) is 0 Å². The van der Waals surface area contributed by atoms with Gasteiger partial charge in [0, 0.05) is 6.92 Å². The largest absolute Gasteiger partial charge is 0.540 e. The van der Waals surface area contributed by atoms with E-state index in [1.165, 1.54) is 13.3 Å². The second-order valence-corrected chi connectivity index (χ2v) is 4.81. The summed E-state index contributed by atoms with van der Waals surface area (Å²) in [4.78, 5) is 0. The maximum absolute atomic E-state index is 11.1. The Labute approximate surface area is 74.0 Å². The highest BCUT2D eigenvalue weighted by Crippen LogP contribution is 2.33. The topological polar surface area (TPSA) is 46.5 Å². The summed E-state index contributed by atoms with van der Waals surface area (Å²) >= 11 is 0. The number of hydrogen-bond acceptors (Lipinski definition) is 3. The summed E-state index contributed by atoms with van der Waals surface area (Å²) < 4.78 is 16.3. The summed E-state index contributed by atoms with van der Waals surface area (Å²) in [7, 11) is -1.86. The van der Waals surface area contributed by atoms with Crippen molar-refractivity contribution in [3.63, 3.8) is 0 Å². The van der Waals surface area contributed by atoms with Gasteiger partial charge in [-0.25, -0.2) is 0 Å². The van der Waals surface area contributed by atoms with Crippen molar-refractivity contribution in [2.75, 3.05) is 0 Å². The summed E-state index contributed by atoms with van der Waals surface area (Å²) in [6, 6.07) is 0. The first-order valence-electron chi connectivity index (χ1n) is 4.51. The van der Waals surface area contributed by atoms with E-state index in [4.69, 9.17) is 9.63 Å². The molecule has 3 nitrogen and oxygen atoms in total. The van der Waals surface area contributed by atoms with Gasteiger partial charge in [0.05, 0.1) is 0 Å². The average molecular weight is 191 g/mol. The molecule has 70 valence electrons. The van der Waals surface area contributed by atoms with Crippen molar-refractivity contribution < 1.29 is 14.2 Å². The number of aliphatic hydroxyl groups is 1. The van der Waals surface area contributed by atoms with Crippen molar-refractivity contribution in [2.45, 2.75) is 51.0 Å². The first-order valence-corrected chi connectivity index (χ1v) is 5.76. The van der Waals surface area contributed by atoms with E-state index in [1.807, 2.05) is 0 Å². The molecule has 1 aliphatic carbocycles. The van der Waals surface area contributed by atoms with Gasteiger partial charge < -0.3 is 5.11 Å². The highest BCUT2D eigenvalue weighted by Gasteiger charge is 2.30. The Morgan fingerprint density at radius 1 is 1.42 bits per heavy atom. The van der Waals surface area contributed by atoms with Crippen LogP contribution in [0.1, 0.15) is 39.0 Å². The lowest BCUT2D eigenvalue weighted by Crippen LogP contribution is -2.14. The van der Waals surface area contributed by atoms with Crippen molar-refractivity contribution in [1.82, 2.24) is 0 Å². The van der Waals surface area contributed by atoms with Gasteiger partial charge in [0.2, 0.25) is 0 Å². The Bertz CT molecular complexity index is 152. The van der Waals surface area contributed by atoms with Gasteiger partial charge in [-0.1, -0.05) is 19.3 Å². The van der Waals surface area contributed by atoms with E-state index in [-0.39, 0.29) is 6.10 Å². The molecule has 0 saturated heterocycles. The lowest BCUT2D eigenvalue weighted by atomic mass is 9.98. The molecule has 2 unspecified atom stereocenters. The van der Waals surface area contributed by atoms with Crippen molar-refractivity contribution in [1.29, 1.82) is 0 Å². The minimum absolute atomic E-state index is 0.122. The number of rotatable bonds is 3. The normalized spacial score (nSPS) is 23.7. The molecule has 1 fully saturated rings. The molecule has 0 heterocycles. The van der Waals surface area contributed by atoms with E-state index in [0.717, 1.165) is 25.7 Å². The van der Waals surface area contributed by atoms with E-state index < -0.39 is 13.9 Å². The predicted molar refractivity (Wildman–Crippen MR) is 47.2 cm³/mol. The van der Waals surface area contributed by atoms with Crippen LogP contribution < -0.4 is 0 Å². The summed E-state index contributed by atoms with van der Waals surface area (Å²) in [5, 5.41) is 8.94. The fourth-order valence-corrected chi connectivity index (χ4v) is 2.09. The van der Waals surface area contributed by atoms with Crippen LogP contribution >= 0.6 is 8.03 Å². The second-order valence-electron chi connectivity index (χ2n) is 3.28. The standard InChI is InChI=1S/C8H16O3P/c1-7(9)12(10)11-8-5-3-2-4-6-8/h7-9H,2-6H2,1H3/q+1. The fraction of sp³-hybridized carbons (Fsp3) is 1.00. The Morgan fingerprint density at radius 3 is 2.50 bits per heavy atom. The third kappa shape index (κ3) is 3.18. The van der Waals surface area contributed by atoms with Crippen LogP contribution in [-0.2, 0) is 9.09 Å². The molecule has 2 atom stereocenters. The molecular formula is C8H16O3P+. The van der Waals surface area contributed by atoms with E-state index in [0.29, 0.717) is 0 Å². The van der Waals surface area contributed by atoms with Crippen molar-refractivity contribution in [3.8, 4) is 0 Å². The van der Waals surface area contributed by atoms with Crippen molar-refractivity contribution in [2.24, 2.45) is 0 Å². The van der Waals surface area contributed by atoms with Crippen molar-refractivity contribution >= 4 is 8.03 Å². The first kappa shape index (κ1) is 10.1. The van der Waals surface area contributed by atoms with Gasteiger partial charge in [-0.2, -0.15) is 0 Å². The zero-order valence-corrected chi connectivity index (χ0v) is 8.30. The summed E-state index contributed by atoms with van der Waals surface area (Å²) in [5.41, 5.74) is 0. The minimum atomic E-state index is -1.86. The number of hydrogen-bond donors (Lipinski definition) is 1. The smallest absolute Gasteiger partial charge is 0.349 e. The Morgan fingerprint density at radius 2 is 2.00 bits per heavy atom. The quantitative estimate of drug-likeness (QED) is 0.697. The van der Waals surface area contributed by atoms with Gasteiger partial charge in [0.25, 0.3) is 5.85 Å². The predicted octanol–water partition coefficient (Wildman–Crippen LogP) is 2.42. The second kappa shape index (κ2) is 4.90. The van der Waals surface area contributed by atoms with Crippen LogP contribution in [0.2, 0.25) is 0 Å². The first-order chi connectivity index (χ1) is 5.70. The van der Waals surface area contributed by atoms with Crippen LogP contribution in [0.5, 0.6) is 0 Å². The third-order valence-corrected chi connectivity index (χ3v) is 3.23. The van der Waals surface area contributed by atoms with Crippen molar-refractivity contribution in [3.05, 3.63) is 0 Å². The Balaban J connectivity index is 2.24. The highest BCUT2D eigenvalue weighted by atomic mass is 31.1. The zero-order valence-electron chi connectivity index (χ0n) is 7.40. The van der Waals surface area contributed by atoms with Crippen LogP contribution in [0.3, 0.4) is 0 Å². The molecule has 0 aromatic carbocycles. The van der Waals surface area contributed by atoms with E-state index >= 15 is 0 Å². The van der Waals surface area contributed by atoms with E-state index in [1.54, 1.807) is 0 Å². The monoisotopic (exact) mass is 191 g/mol. The summed E-state index contributed by atoms with van der Waals surface area (Å²) in [6.07, 6.45) is 5.69. The van der Waals surface area contributed by atoms with Crippen LogP contribution in [0, 0.1) is 0 Å². The molecule has 0 aliphatic heterocycles. The van der Waals surface area contributed by atoms with Gasteiger partial charge in [-0.05, 0) is 17.4 Å². The average Bonchev–Trinajstić information content (AvgIpc) is 2.06. The molecule has 0 aromatic rings. The Hall–Kier alpha value is 0.0200. The summed E-state index contributed by atoms with van der Waals surface area (Å²) in [5.74, 6) is -0.832. The minimum Gasteiger partial charge on any atom is -0.349 e. The molecule has 0 amide bonds. The molecule has 1 saturated carbocycles. The third-order valence-electron chi connectivity index (χ3n) is 2.11. The lowest BCUT2D eigenvalue weighted by Gasteiger charge is -2.15. The maximum atomic E-state index is 11.1. The van der Waals surface area contributed by atoms with Gasteiger partial charge >= 0.3 is 8.03 Å². The Kier molecular flexibility index (Phi) is 4.13. The molecule has 1 rings (SSSR count). The molecule has 1 N–H and O–H groups in total. The molecule has 1 aliphatic rings. The molecule has 4 heteroatoms. The zero-order chi connectivity index (χ0) is 8.97. The van der Waals surface area contributed by atoms with E-state index in [9.17, 15) is 4.57 Å². The van der Waals surface area contributed by atoms with Crippen LogP contribution in [-0.4, -0.2) is 17.1 Å². The van der Waals surface area contributed by atoms with Crippen LogP contribution in [0.15, 0.2) is 0 Å². The van der Waals surface area contributed by atoms with Crippen LogP contribution in [0.4, 0.5) is 0 Å². The highest BCUT2D eigenvalue weighted by molar-refractivity contribution is 7.39. The molecule has 0 bridgehead atoms. The number of aliphatic hydroxyl groups excluding tert-OH is 1. The van der Waals surface area contributed by atoms with E-state index in [2.05, 4.69) is 0 Å². The fourth-order valence-electron chi connectivity index (χ4n) is 1.41. The van der Waals surface area contributed by atoms with Gasteiger partial charge in [0.1, 0.15) is 6.10 Å². The van der Waals surface area contributed by atoms with Gasteiger partial charge in [-0.3, -0.25) is 0 Å².